The maximum absolute atomic E-state index is 12.4. The first-order valence-corrected chi connectivity index (χ1v) is 8.57. The van der Waals surface area contributed by atoms with Crippen LogP contribution < -0.4 is 5.32 Å². The van der Waals surface area contributed by atoms with Gasteiger partial charge in [-0.2, -0.15) is 4.98 Å². The van der Waals surface area contributed by atoms with E-state index in [9.17, 15) is 9.59 Å². The van der Waals surface area contributed by atoms with Crippen molar-refractivity contribution in [3.63, 3.8) is 0 Å². The molecule has 27 heavy (non-hydrogen) atoms. The van der Waals surface area contributed by atoms with Gasteiger partial charge in [0.2, 0.25) is 5.91 Å². The Labute approximate surface area is 156 Å². The highest BCUT2D eigenvalue weighted by molar-refractivity contribution is 6.01. The van der Waals surface area contributed by atoms with E-state index in [0.29, 0.717) is 17.9 Å². The minimum absolute atomic E-state index is 0.127. The number of benzene rings is 2. The zero-order valence-electron chi connectivity index (χ0n) is 14.8. The van der Waals surface area contributed by atoms with Gasteiger partial charge in [0.1, 0.15) is 0 Å². The summed E-state index contributed by atoms with van der Waals surface area (Å²) in [4.78, 5) is 28.8. The summed E-state index contributed by atoms with van der Waals surface area (Å²) in [6.45, 7) is 1.77. The number of anilines is 1. The van der Waals surface area contributed by atoms with Gasteiger partial charge in [-0.15, -0.1) is 0 Å². The van der Waals surface area contributed by atoms with Crippen molar-refractivity contribution in [1.29, 1.82) is 0 Å². The molecule has 0 unspecified atom stereocenters. The Morgan fingerprint density at radius 2 is 1.81 bits per heavy atom. The van der Waals surface area contributed by atoms with Crippen molar-refractivity contribution in [2.24, 2.45) is 0 Å². The summed E-state index contributed by atoms with van der Waals surface area (Å²) in [6.07, 6.45) is 0.847. The Bertz CT molecular complexity index is 922. The number of ether oxygens (including phenoxy) is 1. The number of amides is 1. The number of nitrogens with one attached hydrogen (secondary N) is 1. The molecule has 1 amide bonds. The Balaban J connectivity index is 1.63. The highest BCUT2D eigenvalue weighted by Gasteiger charge is 2.16. The summed E-state index contributed by atoms with van der Waals surface area (Å²) in [7, 11) is 0. The average molecular weight is 365 g/mol. The Morgan fingerprint density at radius 1 is 1.07 bits per heavy atom. The van der Waals surface area contributed by atoms with Gasteiger partial charge in [0, 0.05) is 6.42 Å². The lowest BCUT2D eigenvalue weighted by Gasteiger charge is -2.10. The quantitative estimate of drug-likeness (QED) is 0.646. The van der Waals surface area contributed by atoms with Crippen LogP contribution in [0, 0.1) is 0 Å². The molecule has 7 heteroatoms. The number of hydrogen-bond acceptors (Lipinski definition) is 6. The van der Waals surface area contributed by atoms with E-state index in [1.165, 1.54) is 0 Å². The van der Waals surface area contributed by atoms with Crippen molar-refractivity contribution in [2.45, 2.75) is 26.4 Å². The second-order valence-corrected chi connectivity index (χ2v) is 5.79. The maximum atomic E-state index is 12.4. The molecule has 0 aliphatic heterocycles. The summed E-state index contributed by atoms with van der Waals surface area (Å²) >= 11 is 0. The van der Waals surface area contributed by atoms with Crippen LogP contribution in [0.1, 0.15) is 34.6 Å². The molecule has 7 nitrogen and oxygen atoms in total. The van der Waals surface area contributed by atoms with Crippen LogP contribution in [0.25, 0.3) is 0 Å². The SMILES string of the molecule is CCc1noc(COC(=O)c2ccccc2NC(=O)Cc2ccccc2)n1. The summed E-state index contributed by atoms with van der Waals surface area (Å²) in [5, 5.41) is 6.51. The first-order chi connectivity index (χ1) is 13.2. The number of rotatable bonds is 7. The molecule has 0 bridgehead atoms. The van der Waals surface area contributed by atoms with Gasteiger partial charge >= 0.3 is 5.97 Å². The standard InChI is InChI=1S/C20H19N3O4/c1-2-17-22-19(27-23-17)13-26-20(25)15-10-6-7-11-16(15)21-18(24)12-14-8-4-3-5-9-14/h3-11H,2,12-13H2,1H3,(H,21,24). The molecule has 0 saturated carbocycles. The van der Waals surface area contributed by atoms with Gasteiger partial charge < -0.3 is 14.6 Å². The molecule has 0 fully saturated rings. The van der Waals surface area contributed by atoms with Crippen LogP contribution in [-0.4, -0.2) is 22.0 Å². The highest BCUT2D eigenvalue weighted by atomic mass is 16.6. The number of esters is 1. The molecule has 3 aromatic rings. The van der Waals surface area contributed by atoms with Gasteiger partial charge in [0.15, 0.2) is 12.4 Å². The first-order valence-electron chi connectivity index (χ1n) is 8.57. The van der Waals surface area contributed by atoms with Crippen LogP contribution in [0.3, 0.4) is 0 Å². The first kappa shape index (κ1) is 18.3. The number of carbonyl (C=O) groups excluding carboxylic acids is 2. The smallest absolute Gasteiger partial charge is 0.340 e. The van der Waals surface area contributed by atoms with E-state index in [1.807, 2.05) is 37.3 Å². The Hall–Kier alpha value is -3.48. The van der Waals surface area contributed by atoms with E-state index in [2.05, 4.69) is 15.5 Å². The van der Waals surface area contributed by atoms with E-state index in [0.717, 1.165) is 5.56 Å². The van der Waals surface area contributed by atoms with E-state index in [1.54, 1.807) is 24.3 Å². The molecular formula is C20H19N3O4. The van der Waals surface area contributed by atoms with Crippen molar-refractivity contribution in [1.82, 2.24) is 10.1 Å². The summed E-state index contributed by atoms with van der Waals surface area (Å²) in [5.41, 5.74) is 1.54. The summed E-state index contributed by atoms with van der Waals surface area (Å²) in [5.74, 6) is -0.0202. The number of carbonyl (C=O) groups is 2. The van der Waals surface area contributed by atoms with Gasteiger partial charge in [-0.05, 0) is 17.7 Å². The van der Waals surface area contributed by atoms with Crippen LogP contribution in [0.15, 0.2) is 59.1 Å². The molecule has 1 aromatic heterocycles. The summed E-state index contributed by atoms with van der Waals surface area (Å²) in [6, 6.07) is 16.0. The van der Waals surface area contributed by atoms with Crippen molar-refractivity contribution < 1.29 is 18.8 Å². The van der Waals surface area contributed by atoms with Crippen LogP contribution in [0.4, 0.5) is 5.69 Å². The molecule has 0 aliphatic rings. The number of hydrogen-bond donors (Lipinski definition) is 1. The molecule has 0 spiro atoms. The zero-order chi connectivity index (χ0) is 19.1. The van der Waals surface area contributed by atoms with E-state index < -0.39 is 5.97 Å². The van der Waals surface area contributed by atoms with Gasteiger partial charge in [0.05, 0.1) is 17.7 Å². The molecule has 1 N–H and O–H groups in total. The minimum Gasteiger partial charge on any atom is -0.452 e. The lowest BCUT2D eigenvalue weighted by atomic mass is 10.1. The topological polar surface area (TPSA) is 94.3 Å². The monoisotopic (exact) mass is 365 g/mol. The van der Waals surface area contributed by atoms with E-state index >= 15 is 0 Å². The third-order valence-corrected chi connectivity index (χ3v) is 3.78. The van der Waals surface area contributed by atoms with E-state index in [4.69, 9.17) is 9.26 Å². The predicted octanol–water partition coefficient (Wildman–Crippen LogP) is 3.17. The fourth-order valence-electron chi connectivity index (χ4n) is 2.44. The van der Waals surface area contributed by atoms with Crippen molar-refractivity contribution in [3.8, 4) is 0 Å². The second kappa shape index (κ2) is 8.75. The molecule has 0 saturated heterocycles. The Morgan fingerprint density at radius 3 is 2.56 bits per heavy atom. The van der Waals surface area contributed by atoms with Crippen LogP contribution in [-0.2, 0) is 29.0 Å². The third-order valence-electron chi connectivity index (χ3n) is 3.78. The minimum atomic E-state index is -0.582. The molecule has 2 aromatic carbocycles. The normalized spacial score (nSPS) is 10.4. The lowest BCUT2D eigenvalue weighted by molar-refractivity contribution is -0.115. The Kier molecular flexibility index (Phi) is 5.94. The van der Waals surface area contributed by atoms with Crippen molar-refractivity contribution >= 4 is 17.6 Å². The van der Waals surface area contributed by atoms with Crippen LogP contribution in [0.5, 0.6) is 0 Å². The molecule has 138 valence electrons. The molecule has 0 aliphatic carbocycles. The number of aromatic nitrogens is 2. The van der Waals surface area contributed by atoms with Crippen molar-refractivity contribution in [3.05, 3.63) is 77.4 Å². The number of nitrogens with zero attached hydrogens (tertiary/aromatic N) is 2. The molecule has 1 heterocycles. The molecular weight excluding hydrogens is 346 g/mol. The molecule has 0 radical (unpaired) electrons. The van der Waals surface area contributed by atoms with E-state index in [-0.39, 0.29) is 30.4 Å². The second-order valence-electron chi connectivity index (χ2n) is 5.79. The lowest BCUT2D eigenvalue weighted by Crippen LogP contribution is -2.17. The largest absolute Gasteiger partial charge is 0.452 e. The molecule has 0 atom stereocenters. The van der Waals surface area contributed by atoms with Crippen molar-refractivity contribution in [2.75, 3.05) is 5.32 Å². The number of para-hydroxylation sites is 1. The van der Waals surface area contributed by atoms with Crippen LogP contribution >= 0.6 is 0 Å². The summed E-state index contributed by atoms with van der Waals surface area (Å²) < 4.78 is 10.2. The molecule has 3 rings (SSSR count). The number of aryl methyl sites for hydroxylation is 1. The highest BCUT2D eigenvalue weighted by Crippen LogP contribution is 2.17. The van der Waals surface area contributed by atoms with Crippen LogP contribution in [0.2, 0.25) is 0 Å². The van der Waals surface area contributed by atoms with Gasteiger partial charge in [-0.3, -0.25) is 4.79 Å². The fourth-order valence-corrected chi connectivity index (χ4v) is 2.44. The van der Waals surface area contributed by atoms with Gasteiger partial charge in [0.25, 0.3) is 5.89 Å². The zero-order valence-corrected chi connectivity index (χ0v) is 14.8. The van der Waals surface area contributed by atoms with Gasteiger partial charge in [-0.25, -0.2) is 4.79 Å². The fraction of sp³-hybridized carbons (Fsp3) is 0.200. The third kappa shape index (κ3) is 5.01. The van der Waals surface area contributed by atoms with Gasteiger partial charge in [-0.1, -0.05) is 54.5 Å². The predicted molar refractivity (Wildman–Crippen MR) is 98.0 cm³/mol. The maximum Gasteiger partial charge on any atom is 0.340 e. The average Bonchev–Trinajstić information content (AvgIpc) is 3.15.